The van der Waals surface area contributed by atoms with E-state index in [1.807, 2.05) is 0 Å². The van der Waals surface area contributed by atoms with E-state index in [0.717, 1.165) is 19.3 Å². The maximum atomic E-state index is 12.0. The van der Waals surface area contributed by atoms with Crippen LogP contribution in [0.1, 0.15) is 37.4 Å². The molecule has 0 saturated heterocycles. The van der Waals surface area contributed by atoms with Crippen molar-refractivity contribution in [3.63, 3.8) is 0 Å². The first kappa shape index (κ1) is 12.1. The van der Waals surface area contributed by atoms with Crippen molar-refractivity contribution in [3.05, 3.63) is 11.7 Å². The van der Waals surface area contributed by atoms with Crippen LogP contribution in [0.25, 0.3) is 0 Å². The minimum Gasteiger partial charge on any atom is -0.481 e. The standard InChI is InChI=1S/C12H15N3O4/c1-6-13-11(15-19-6)12(3-2-4-12)14-9(16)7-5-8(7)10(17)18/h7-8H,2-5H2,1H3,(H,14,16)(H,17,18)/t7-,8-/m1/s1. The molecule has 0 bridgehead atoms. The molecule has 1 amide bonds. The number of carbonyl (C=O) groups is 2. The van der Waals surface area contributed by atoms with E-state index in [1.54, 1.807) is 6.92 Å². The first-order valence-corrected chi connectivity index (χ1v) is 6.37. The summed E-state index contributed by atoms with van der Waals surface area (Å²) in [6, 6.07) is 0. The van der Waals surface area contributed by atoms with E-state index in [2.05, 4.69) is 15.5 Å². The van der Waals surface area contributed by atoms with Gasteiger partial charge in [-0.3, -0.25) is 9.59 Å². The lowest BCUT2D eigenvalue weighted by Gasteiger charge is -2.39. The molecule has 2 atom stereocenters. The van der Waals surface area contributed by atoms with Crippen molar-refractivity contribution in [1.29, 1.82) is 0 Å². The van der Waals surface area contributed by atoms with Crippen LogP contribution in [0.4, 0.5) is 0 Å². The second-order valence-corrected chi connectivity index (χ2v) is 5.35. The van der Waals surface area contributed by atoms with Gasteiger partial charge in [0.05, 0.1) is 11.8 Å². The summed E-state index contributed by atoms with van der Waals surface area (Å²) in [5.41, 5.74) is -0.555. The highest BCUT2D eigenvalue weighted by molar-refractivity contribution is 5.89. The number of aliphatic carboxylic acids is 1. The molecule has 3 rings (SSSR count). The zero-order valence-corrected chi connectivity index (χ0v) is 10.5. The highest BCUT2D eigenvalue weighted by Crippen LogP contribution is 2.43. The summed E-state index contributed by atoms with van der Waals surface area (Å²) < 4.78 is 4.96. The van der Waals surface area contributed by atoms with Gasteiger partial charge in [-0.25, -0.2) is 0 Å². The molecule has 1 heterocycles. The first-order chi connectivity index (χ1) is 9.02. The Hall–Kier alpha value is -1.92. The molecule has 7 nitrogen and oxygen atoms in total. The van der Waals surface area contributed by atoms with Gasteiger partial charge in [-0.2, -0.15) is 4.98 Å². The van der Waals surface area contributed by atoms with Crippen LogP contribution in [0.2, 0.25) is 0 Å². The van der Waals surface area contributed by atoms with Gasteiger partial charge in [-0.15, -0.1) is 0 Å². The van der Waals surface area contributed by atoms with E-state index in [0.29, 0.717) is 18.1 Å². The first-order valence-electron chi connectivity index (χ1n) is 6.37. The number of carboxylic acid groups (broad SMARTS) is 1. The van der Waals surface area contributed by atoms with Crippen molar-refractivity contribution in [3.8, 4) is 0 Å². The predicted molar refractivity (Wildman–Crippen MR) is 61.9 cm³/mol. The minimum atomic E-state index is -0.904. The highest BCUT2D eigenvalue weighted by atomic mass is 16.5. The van der Waals surface area contributed by atoms with Crippen LogP contribution in [0, 0.1) is 18.8 Å². The Morgan fingerprint density at radius 1 is 1.42 bits per heavy atom. The number of hydrogen-bond acceptors (Lipinski definition) is 5. The lowest BCUT2D eigenvalue weighted by atomic mass is 9.76. The van der Waals surface area contributed by atoms with Crippen LogP contribution >= 0.6 is 0 Å². The Morgan fingerprint density at radius 2 is 2.16 bits per heavy atom. The number of nitrogens with zero attached hydrogens (tertiary/aromatic N) is 2. The van der Waals surface area contributed by atoms with Gasteiger partial charge in [0.25, 0.3) is 0 Å². The van der Waals surface area contributed by atoms with Gasteiger partial charge in [-0.1, -0.05) is 5.16 Å². The van der Waals surface area contributed by atoms with Crippen molar-refractivity contribution in [2.75, 3.05) is 0 Å². The summed E-state index contributed by atoms with van der Waals surface area (Å²) in [4.78, 5) is 27.0. The zero-order valence-electron chi connectivity index (χ0n) is 10.5. The van der Waals surface area contributed by atoms with E-state index in [4.69, 9.17) is 9.63 Å². The molecule has 0 unspecified atom stereocenters. The molecule has 0 radical (unpaired) electrons. The maximum absolute atomic E-state index is 12.0. The van der Waals surface area contributed by atoms with Crippen molar-refractivity contribution >= 4 is 11.9 Å². The van der Waals surface area contributed by atoms with Crippen LogP contribution in [0.5, 0.6) is 0 Å². The molecule has 1 aromatic rings. The fourth-order valence-corrected chi connectivity index (χ4v) is 2.51. The summed E-state index contributed by atoms with van der Waals surface area (Å²) in [6.45, 7) is 1.70. The van der Waals surface area contributed by atoms with E-state index >= 15 is 0 Å². The lowest BCUT2D eigenvalue weighted by Crippen LogP contribution is -2.52. The van der Waals surface area contributed by atoms with Crippen molar-refractivity contribution < 1.29 is 19.2 Å². The van der Waals surface area contributed by atoms with Crippen molar-refractivity contribution in [1.82, 2.24) is 15.5 Å². The highest BCUT2D eigenvalue weighted by Gasteiger charge is 2.52. The third-order valence-electron chi connectivity index (χ3n) is 3.97. The number of carboxylic acids is 1. The number of rotatable bonds is 4. The average molecular weight is 265 g/mol. The molecule has 2 saturated carbocycles. The van der Waals surface area contributed by atoms with E-state index in [9.17, 15) is 9.59 Å². The molecule has 2 N–H and O–H groups in total. The Balaban J connectivity index is 1.71. The van der Waals surface area contributed by atoms with Crippen LogP contribution in [0.3, 0.4) is 0 Å². The Labute approximate surface area is 109 Å². The summed E-state index contributed by atoms with van der Waals surface area (Å²) in [7, 11) is 0. The SMILES string of the molecule is Cc1nc(C2(NC(=O)[C@@H]3C[C@H]3C(=O)O)CCC2)no1. The van der Waals surface area contributed by atoms with Gasteiger partial charge in [-0.05, 0) is 25.7 Å². The Kier molecular flexibility index (Phi) is 2.58. The molecular weight excluding hydrogens is 250 g/mol. The largest absolute Gasteiger partial charge is 0.481 e. The second kappa shape index (κ2) is 4.04. The van der Waals surface area contributed by atoms with E-state index in [-0.39, 0.29) is 5.91 Å². The number of hydrogen-bond donors (Lipinski definition) is 2. The molecule has 0 aliphatic heterocycles. The van der Waals surface area contributed by atoms with Gasteiger partial charge >= 0.3 is 5.97 Å². The van der Waals surface area contributed by atoms with E-state index in [1.165, 1.54) is 0 Å². The van der Waals surface area contributed by atoms with Gasteiger partial charge in [0.2, 0.25) is 11.8 Å². The number of aryl methyl sites for hydroxylation is 1. The van der Waals surface area contributed by atoms with Crippen molar-refractivity contribution in [2.45, 2.75) is 38.1 Å². The van der Waals surface area contributed by atoms with Gasteiger partial charge in [0.15, 0.2) is 5.82 Å². The third kappa shape index (κ3) is 1.98. The number of carbonyl (C=O) groups excluding carboxylic acids is 1. The molecule has 102 valence electrons. The van der Waals surface area contributed by atoms with Gasteiger partial charge in [0, 0.05) is 6.92 Å². The van der Waals surface area contributed by atoms with Crippen LogP contribution in [0.15, 0.2) is 4.52 Å². The summed E-state index contributed by atoms with van der Waals surface area (Å²) in [5, 5.41) is 15.6. The van der Waals surface area contributed by atoms with Crippen LogP contribution in [-0.2, 0) is 15.1 Å². The molecule has 2 fully saturated rings. The molecule has 19 heavy (non-hydrogen) atoms. The molecule has 2 aliphatic rings. The van der Waals surface area contributed by atoms with Crippen LogP contribution < -0.4 is 5.32 Å². The smallest absolute Gasteiger partial charge is 0.307 e. The minimum absolute atomic E-state index is 0.213. The summed E-state index contributed by atoms with van der Waals surface area (Å²) in [5.74, 6) is -1.11. The summed E-state index contributed by atoms with van der Waals surface area (Å²) in [6.07, 6.45) is 2.94. The third-order valence-corrected chi connectivity index (χ3v) is 3.97. The lowest BCUT2D eigenvalue weighted by molar-refractivity contribution is -0.140. The maximum Gasteiger partial charge on any atom is 0.307 e. The average Bonchev–Trinajstić information content (AvgIpc) is 3.01. The topological polar surface area (TPSA) is 105 Å². The van der Waals surface area contributed by atoms with Gasteiger partial charge < -0.3 is 14.9 Å². The number of amides is 1. The van der Waals surface area contributed by atoms with Gasteiger partial charge in [0.1, 0.15) is 5.54 Å². The summed E-state index contributed by atoms with van der Waals surface area (Å²) >= 11 is 0. The quantitative estimate of drug-likeness (QED) is 0.825. The number of aromatic nitrogens is 2. The molecule has 7 heteroatoms. The monoisotopic (exact) mass is 265 g/mol. The Morgan fingerprint density at radius 3 is 2.58 bits per heavy atom. The fraction of sp³-hybridized carbons (Fsp3) is 0.667. The van der Waals surface area contributed by atoms with E-state index < -0.39 is 23.3 Å². The molecule has 0 aromatic carbocycles. The molecule has 1 aromatic heterocycles. The Bertz CT molecular complexity index is 535. The van der Waals surface area contributed by atoms with Crippen LogP contribution in [-0.4, -0.2) is 27.1 Å². The second-order valence-electron chi connectivity index (χ2n) is 5.35. The molecular formula is C12H15N3O4. The normalized spacial score (nSPS) is 27.4. The predicted octanol–water partition coefficient (Wildman–Crippen LogP) is 0.594. The molecule has 0 spiro atoms. The molecule has 2 aliphatic carbocycles. The fourth-order valence-electron chi connectivity index (χ4n) is 2.51. The van der Waals surface area contributed by atoms with Crippen molar-refractivity contribution in [2.24, 2.45) is 11.8 Å². The number of nitrogens with one attached hydrogen (secondary N) is 1. The zero-order chi connectivity index (χ0) is 13.6.